The zero-order valence-corrected chi connectivity index (χ0v) is 16.4. The molecule has 0 aromatic heterocycles. The topological polar surface area (TPSA) is 90.7 Å². The number of nitro groups is 1. The highest BCUT2D eigenvalue weighted by Crippen LogP contribution is 2.36. The third-order valence-electron chi connectivity index (χ3n) is 4.68. The molecular formula is C20H22N2O5S. The molecular weight excluding hydrogens is 380 g/mol. The summed E-state index contributed by atoms with van der Waals surface area (Å²) in [4.78, 5) is 23.1. The van der Waals surface area contributed by atoms with Crippen LogP contribution in [0.1, 0.15) is 17.5 Å². The van der Waals surface area contributed by atoms with Crippen LogP contribution in [0, 0.1) is 10.1 Å². The van der Waals surface area contributed by atoms with Crippen molar-refractivity contribution in [3.05, 3.63) is 69.8 Å². The van der Waals surface area contributed by atoms with Gasteiger partial charge in [0, 0.05) is 24.4 Å². The minimum atomic E-state index is -0.624. The molecule has 0 spiro atoms. The molecule has 1 heterocycles. The number of nitrogens with zero attached hydrogens (tertiary/aromatic N) is 1. The Kier molecular flexibility index (Phi) is 6.53. The van der Waals surface area contributed by atoms with Crippen LogP contribution in [-0.2, 0) is 21.9 Å². The first-order valence-corrected chi connectivity index (χ1v) is 9.89. The van der Waals surface area contributed by atoms with Crippen LogP contribution in [0.5, 0.6) is 5.75 Å². The molecule has 2 aromatic carbocycles. The van der Waals surface area contributed by atoms with Crippen molar-refractivity contribution in [3.63, 3.8) is 0 Å². The molecule has 0 radical (unpaired) electrons. The lowest BCUT2D eigenvalue weighted by Gasteiger charge is -2.25. The van der Waals surface area contributed by atoms with E-state index in [2.05, 4.69) is 5.32 Å². The Labute approximate surface area is 167 Å². The van der Waals surface area contributed by atoms with Crippen LogP contribution in [0.3, 0.4) is 0 Å². The van der Waals surface area contributed by atoms with Gasteiger partial charge in [-0.3, -0.25) is 14.9 Å². The maximum Gasteiger partial charge on any atom is 0.323 e. The smallest absolute Gasteiger partial charge is 0.323 e. The molecule has 1 atom stereocenters. The largest absolute Gasteiger partial charge is 0.497 e. The highest BCUT2D eigenvalue weighted by molar-refractivity contribution is 8.00. The Morgan fingerprint density at radius 2 is 1.86 bits per heavy atom. The lowest BCUT2D eigenvalue weighted by atomic mass is 10.1. The van der Waals surface area contributed by atoms with Gasteiger partial charge in [-0.2, -0.15) is 0 Å². The second kappa shape index (κ2) is 9.07. The molecule has 1 fully saturated rings. The fourth-order valence-corrected chi connectivity index (χ4v) is 4.23. The quantitative estimate of drug-likeness (QED) is 0.411. The van der Waals surface area contributed by atoms with Gasteiger partial charge in [0.25, 0.3) is 5.69 Å². The van der Waals surface area contributed by atoms with Crippen molar-refractivity contribution in [1.82, 2.24) is 5.32 Å². The summed E-state index contributed by atoms with van der Waals surface area (Å²) in [6, 6.07) is 13.8. The monoisotopic (exact) mass is 402 g/mol. The summed E-state index contributed by atoms with van der Waals surface area (Å²) in [5, 5.41) is 14.0. The molecule has 0 amide bonds. The van der Waals surface area contributed by atoms with Gasteiger partial charge in [-0.25, -0.2) is 0 Å². The minimum Gasteiger partial charge on any atom is -0.497 e. The van der Waals surface area contributed by atoms with Crippen LogP contribution in [-0.4, -0.2) is 35.8 Å². The van der Waals surface area contributed by atoms with Crippen molar-refractivity contribution >= 4 is 23.4 Å². The molecule has 3 rings (SSSR count). The molecule has 2 aromatic rings. The molecule has 1 aliphatic heterocycles. The Morgan fingerprint density at radius 3 is 2.43 bits per heavy atom. The summed E-state index contributed by atoms with van der Waals surface area (Å²) in [6.45, 7) is 1.43. The molecule has 0 saturated carbocycles. The zero-order chi connectivity index (χ0) is 20.0. The van der Waals surface area contributed by atoms with Gasteiger partial charge < -0.3 is 14.8 Å². The molecule has 1 saturated heterocycles. The van der Waals surface area contributed by atoms with Crippen LogP contribution < -0.4 is 10.1 Å². The van der Waals surface area contributed by atoms with Gasteiger partial charge in [-0.1, -0.05) is 12.1 Å². The summed E-state index contributed by atoms with van der Waals surface area (Å²) in [7, 11) is 1.63. The third kappa shape index (κ3) is 4.82. The highest BCUT2D eigenvalue weighted by atomic mass is 32.2. The first-order valence-electron chi connectivity index (χ1n) is 8.90. The van der Waals surface area contributed by atoms with Crippen LogP contribution in [0.2, 0.25) is 0 Å². The van der Waals surface area contributed by atoms with E-state index in [0.29, 0.717) is 18.7 Å². The van der Waals surface area contributed by atoms with Gasteiger partial charge in [0.05, 0.1) is 12.0 Å². The number of thioether (sulfide) groups is 1. The van der Waals surface area contributed by atoms with Gasteiger partial charge in [0.2, 0.25) is 0 Å². The standard InChI is InChI=1S/C20H22N2O5S/c1-26-18-8-4-16(5-9-18)13-28-20(10-11-21-14-20)19(23)27-12-15-2-6-17(7-3-15)22(24)25/h2-9,21H,10-14H2,1H3/t20-/m0/s1. The SMILES string of the molecule is COc1ccc(CS[C@@]2(C(=O)OCc3ccc([N+](=O)[O-])cc3)CCNC2)cc1. The predicted molar refractivity (Wildman–Crippen MR) is 107 cm³/mol. The predicted octanol–water partition coefficient (Wildman–Crippen LogP) is 3.31. The zero-order valence-electron chi connectivity index (χ0n) is 15.6. The lowest BCUT2D eigenvalue weighted by molar-refractivity contribution is -0.384. The normalized spacial score (nSPS) is 18.6. The summed E-state index contributed by atoms with van der Waals surface area (Å²) in [5.74, 6) is 1.24. The van der Waals surface area contributed by atoms with E-state index in [0.717, 1.165) is 23.4 Å². The van der Waals surface area contributed by atoms with E-state index >= 15 is 0 Å². The van der Waals surface area contributed by atoms with Crippen LogP contribution in [0.15, 0.2) is 48.5 Å². The first kappa shape index (κ1) is 20.2. The van der Waals surface area contributed by atoms with Gasteiger partial charge in [-0.15, -0.1) is 11.8 Å². The molecule has 0 unspecified atom stereocenters. The van der Waals surface area contributed by atoms with E-state index in [1.54, 1.807) is 31.0 Å². The van der Waals surface area contributed by atoms with Crippen molar-refractivity contribution < 1.29 is 19.2 Å². The van der Waals surface area contributed by atoms with Gasteiger partial charge >= 0.3 is 5.97 Å². The molecule has 1 aliphatic rings. The van der Waals surface area contributed by atoms with Crippen molar-refractivity contribution in [1.29, 1.82) is 0 Å². The minimum absolute atomic E-state index is 0.0154. The van der Waals surface area contributed by atoms with E-state index in [1.807, 2.05) is 24.3 Å². The van der Waals surface area contributed by atoms with E-state index in [9.17, 15) is 14.9 Å². The number of nitrogens with one attached hydrogen (secondary N) is 1. The van der Waals surface area contributed by atoms with Crippen molar-refractivity contribution in [2.24, 2.45) is 0 Å². The average molecular weight is 402 g/mol. The van der Waals surface area contributed by atoms with Crippen LogP contribution in [0.4, 0.5) is 5.69 Å². The molecule has 0 bridgehead atoms. The fraction of sp³-hybridized carbons (Fsp3) is 0.350. The Morgan fingerprint density at radius 1 is 1.18 bits per heavy atom. The van der Waals surface area contributed by atoms with Crippen molar-refractivity contribution in [2.75, 3.05) is 20.2 Å². The number of esters is 1. The summed E-state index contributed by atoms with van der Waals surface area (Å²) < 4.78 is 10.1. The number of hydrogen-bond acceptors (Lipinski definition) is 7. The molecule has 148 valence electrons. The number of non-ortho nitro benzene ring substituents is 1. The van der Waals surface area contributed by atoms with E-state index in [1.165, 1.54) is 12.1 Å². The third-order valence-corrected chi connectivity index (χ3v) is 6.22. The molecule has 28 heavy (non-hydrogen) atoms. The number of nitro benzene ring substituents is 1. The number of rotatable bonds is 8. The average Bonchev–Trinajstić information content (AvgIpc) is 3.21. The second-order valence-electron chi connectivity index (χ2n) is 6.56. The van der Waals surface area contributed by atoms with Crippen molar-refractivity contribution in [3.8, 4) is 5.75 Å². The van der Waals surface area contributed by atoms with Crippen LogP contribution >= 0.6 is 11.8 Å². The number of benzene rings is 2. The molecule has 7 nitrogen and oxygen atoms in total. The summed E-state index contributed by atoms with van der Waals surface area (Å²) >= 11 is 1.58. The number of ether oxygens (including phenoxy) is 2. The number of carbonyl (C=O) groups excluding carboxylic acids is 1. The van der Waals surface area contributed by atoms with Crippen molar-refractivity contribution in [2.45, 2.75) is 23.5 Å². The van der Waals surface area contributed by atoms with E-state index in [4.69, 9.17) is 9.47 Å². The maximum atomic E-state index is 12.8. The maximum absolute atomic E-state index is 12.8. The Balaban J connectivity index is 1.60. The Bertz CT molecular complexity index is 817. The second-order valence-corrected chi connectivity index (χ2v) is 7.92. The Hall–Kier alpha value is -2.58. The van der Waals surface area contributed by atoms with Gasteiger partial charge in [0.15, 0.2) is 0 Å². The van der Waals surface area contributed by atoms with Crippen LogP contribution in [0.25, 0.3) is 0 Å². The van der Waals surface area contributed by atoms with E-state index in [-0.39, 0.29) is 18.3 Å². The molecule has 0 aliphatic carbocycles. The first-order chi connectivity index (χ1) is 13.5. The highest BCUT2D eigenvalue weighted by Gasteiger charge is 2.43. The van der Waals surface area contributed by atoms with Gasteiger partial charge in [-0.05, 0) is 48.4 Å². The lowest BCUT2D eigenvalue weighted by Crippen LogP contribution is -2.39. The number of methoxy groups -OCH3 is 1. The van der Waals surface area contributed by atoms with Gasteiger partial charge in [0.1, 0.15) is 17.1 Å². The molecule has 1 N–H and O–H groups in total. The summed E-state index contributed by atoms with van der Waals surface area (Å²) in [6.07, 6.45) is 0.701. The molecule has 8 heteroatoms. The number of carbonyl (C=O) groups is 1. The fourth-order valence-electron chi connectivity index (χ4n) is 2.96. The number of hydrogen-bond donors (Lipinski definition) is 1. The summed E-state index contributed by atoms with van der Waals surface area (Å²) in [5.41, 5.74) is 1.85. The van der Waals surface area contributed by atoms with E-state index < -0.39 is 9.67 Å².